The summed E-state index contributed by atoms with van der Waals surface area (Å²) >= 11 is 0. The summed E-state index contributed by atoms with van der Waals surface area (Å²) in [4.78, 5) is 16.3. The van der Waals surface area contributed by atoms with Gasteiger partial charge in [0.1, 0.15) is 12.4 Å². The Balaban J connectivity index is 2.57. The number of carbonyl (C=O) groups is 1. The van der Waals surface area contributed by atoms with Gasteiger partial charge in [-0.2, -0.15) is 0 Å². The molecule has 0 aliphatic carbocycles. The lowest BCUT2D eigenvalue weighted by Gasteiger charge is -2.24. The quantitative estimate of drug-likeness (QED) is 0.789. The summed E-state index contributed by atoms with van der Waals surface area (Å²) in [7, 11) is 0. The first-order chi connectivity index (χ1) is 8.84. The molecule has 0 unspecified atom stereocenters. The summed E-state index contributed by atoms with van der Waals surface area (Å²) in [5.41, 5.74) is -0.159. The lowest BCUT2D eigenvalue weighted by atomic mass is 10.0. The van der Waals surface area contributed by atoms with E-state index in [0.29, 0.717) is 19.1 Å². The van der Waals surface area contributed by atoms with Gasteiger partial charge in [-0.15, -0.1) is 0 Å². The van der Waals surface area contributed by atoms with Crippen LogP contribution in [-0.2, 0) is 17.9 Å². The van der Waals surface area contributed by atoms with E-state index in [1.165, 1.54) is 0 Å². The van der Waals surface area contributed by atoms with Crippen LogP contribution in [-0.4, -0.2) is 27.0 Å². The van der Waals surface area contributed by atoms with Crippen molar-refractivity contribution in [2.75, 3.05) is 0 Å². The molecule has 0 aliphatic rings. The van der Waals surface area contributed by atoms with Crippen molar-refractivity contribution in [3.05, 3.63) is 18.2 Å². The number of nitrogens with one attached hydrogen (secondary N) is 2. The molecule has 0 bridgehead atoms. The lowest BCUT2D eigenvalue weighted by Crippen LogP contribution is -2.44. The van der Waals surface area contributed by atoms with Gasteiger partial charge in [0.2, 0.25) is 5.91 Å². The minimum Gasteiger partial charge on any atom is -0.350 e. The molecule has 5 heteroatoms. The lowest BCUT2D eigenvalue weighted by molar-refractivity contribution is -0.123. The second-order valence-corrected chi connectivity index (χ2v) is 5.79. The highest BCUT2D eigenvalue weighted by Gasteiger charge is 2.18. The Bertz CT molecular complexity index is 409. The van der Waals surface area contributed by atoms with E-state index in [9.17, 15) is 4.79 Å². The average molecular weight is 266 g/mol. The van der Waals surface area contributed by atoms with Gasteiger partial charge in [0.25, 0.3) is 0 Å². The molecule has 1 rings (SSSR count). The van der Waals surface area contributed by atoms with Crippen LogP contribution in [0.2, 0.25) is 0 Å². The van der Waals surface area contributed by atoms with E-state index in [1.54, 1.807) is 6.20 Å². The third kappa shape index (κ3) is 5.42. The molecule has 0 spiro atoms. The van der Waals surface area contributed by atoms with Gasteiger partial charge in [-0.25, -0.2) is 4.98 Å². The average Bonchev–Trinajstić information content (AvgIpc) is 2.73. The molecule has 0 fully saturated rings. The fourth-order valence-corrected chi connectivity index (χ4v) is 1.61. The molecule has 19 heavy (non-hydrogen) atoms. The minimum atomic E-state index is -0.159. The van der Waals surface area contributed by atoms with Crippen LogP contribution < -0.4 is 10.6 Å². The van der Waals surface area contributed by atoms with Gasteiger partial charge in [0.15, 0.2) is 0 Å². The van der Waals surface area contributed by atoms with Crippen molar-refractivity contribution in [2.45, 2.75) is 65.7 Å². The van der Waals surface area contributed by atoms with Gasteiger partial charge in [-0.05, 0) is 20.3 Å². The number of aromatic nitrogens is 2. The van der Waals surface area contributed by atoms with Crippen molar-refractivity contribution < 1.29 is 4.79 Å². The molecule has 0 radical (unpaired) electrons. The molecule has 0 atom stereocenters. The standard InChI is InChI=1S/C14H26N4O/c1-6-14(4,5)17-13(19)10-18-8-7-15-12(18)9-16-11(2)3/h7-8,11,16H,6,9-10H2,1-5H3,(H,17,19). The Morgan fingerprint density at radius 2 is 2.16 bits per heavy atom. The summed E-state index contributed by atoms with van der Waals surface area (Å²) in [5, 5.41) is 6.33. The van der Waals surface area contributed by atoms with Crippen molar-refractivity contribution >= 4 is 5.91 Å². The number of rotatable bonds is 7. The van der Waals surface area contributed by atoms with Crippen LogP contribution >= 0.6 is 0 Å². The van der Waals surface area contributed by atoms with Crippen LogP contribution in [0.15, 0.2) is 12.4 Å². The summed E-state index contributed by atoms with van der Waals surface area (Å²) in [5.74, 6) is 0.911. The zero-order valence-electron chi connectivity index (χ0n) is 12.7. The Kier molecular flexibility index (Phi) is 5.54. The first-order valence-corrected chi connectivity index (χ1v) is 6.88. The highest BCUT2D eigenvalue weighted by molar-refractivity contribution is 5.76. The van der Waals surface area contributed by atoms with E-state index in [-0.39, 0.29) is 11.4 Å². The second-order valence-electron chi connectivity index (χ2n) is 5.79. The second kappa shape index (κ2) is 6.70. The summed E-state index contributed by atoms with van der Waals surface area (Å²) in [6.07, 6.45) is 4.48. The molecule has 1 heterocycles. The number of hydrogen-bond acceptors (Lipinski definition) is 3. The molecular formula is C14H26N4O. The number of amides is 1. The molecule has 0 aromatic carbocycles. The number of carbonyl (C=O) groups excluding carboxylic acids is 1. The molecular weight excluding hydrogens is 240 g/mol. The SMILES string of the molecule is CCC(C)(C)NC(=O)Cn1ccnc1CNC(C)C. The molecule has 0 saturated carbocycles. The Hall–Kier alpha value is -1.36. The van der Waals surface area contributed by atoms with E-state index in [4.69, 9.17) is 0 Å². The molecule has 2 N–H and O–H groups in total. The molecule has 1 aromatic heterocycles. The maximum absolute atomic E-state index is 12.0. The molecule has 0 aliphatic heterocycles. The Labute approximate surface area is 115 Å². The summed E-state index contributed by atoms with van der Waals surface area (Å²) < 4.78 is 1.89. The van der Waals surface area contributed by atoms with E-state index >= 15 is 0 Å². The van der Waals surface area contributed by atoms with Crippen LogP contribution in [0.25, 0.3) is 0 Å². The van der Waals surface area contributed by atoms with Gasteiger partial charge < -0.3 is 15.2 Å². The highest BCUT2D eigenvalue weighted by Crippen LogP contribution is 2.07. The molecule has 1 amide bonds. The maximum Gasteiger partial charge on any atom is 0.240 e. The van der Waals surface area contributed by atoms with E-state index < -0.39 is 0 Å². The van der Waals surface area contributed by atoms with Gasteiger partial charge in [-0.3, -0.25) is 4.79 Å². The topological polar surface area (TPSA) is 59.0 Å². The van der Waals surface area contributed by atoms with Gasteiger partial charge >= 0.3 is 0 Å². The Morgan fingerprint density at radius 3 is 2.74 bits per heavy atom. The number of imidazole rings is 1. The first kappa shape index (κ1) is 15.7. The van der Waals surface area contributed by atoms with E-state index in [1.807, 2.05) is 24.6 Å². The molecule has 0 saturated heterocycles. The van der Waals surface area contributed by atoms with Gasteiger partial charge in [-0.1, -0.05) is 20.8 Å². The maximum atomic E-state index is 12.0. The fourth-order valence-electron chi connectivity index (χ4n) is 1.61. The van der Waals surface area contributed by atoms with Crippen molar-refractivity contribution in [3.63, 3.8) is 0 Å². The van der Waals surface area contributed by atoms with Crippen LogP contribution in [0.1, 0.15) is 46.9 Å². The van der Waals surface area contributed by atoms with Crippen LogP contribution in [0.5, 0.6) is 0 Å². The van der Waals surface area contributed by atoms with Crippen molar-refractivity contribution in [3.8, 4) is 0 Å². The zero-order chi connectivity index (χ0) is 14.5. The fraction of sp³-hybridized carbons (Fsp3) is 0.714. The smallest absolute Gasteiger partial charge is 0.240 e. The predicted octanol–water partition coefficient (Wildman–Crippen LogP) is 1.69. The van der Waals surface area contributed by atoms with Gasteiger partial charge in [0, 0.05) is 24.0 Å². The summed E-state index contributed by atoms with van der Waals surface area (Å²) in [6, 6.07) is 0.401. The highest BCUT2D eigenvalue weighted by atomic mass is 16.2. The first-order valence-electron chi connectivity index (χ1n) is 6.88. The monoisotopic (exact) mass is 266 g/mol. The normalized spacial score (nSPS) is 11.9. The van der Waals surface area contributed by atoms with Crippen molar-refractivity contribution in [2.24, 2.45) is 0 Å². The number of nitrogens with zero attached hydrogens (tertiary/aromatic N) is 2. The van der Waals surface area contributed by atoms with E-state index in [0.717, 1.165) is 12.2 Å². The van der Waals surface area contributed by atoms with Crippen molar-refractivity contribution in [1.82, 2.24) is 20.2 Å². The van der Waals surface area contributed by atoms with Crippen molar-refractivity contribution in [1.29, 1.82) is 0 Å². The minimum absolute atomic E-state index is 0.0237. The molecule has 5 nitrogen and oxygen atoms in total. The van der Waals surface area contributed by atoms with Gasteiger partial charge in [0.05, 0.1) is 6.54 Å². The predicted molar refractivity (Wildman–Crippen MR) is 76.7 cm³/mol. The van der Waals surface area contributed by atoms with Crippen LogP contribution in [0, 0.1) is 0 Å². The van der Waals surface area contributed by atoms with Crippen LogP contribution in [0.3, 0.4) is 0 Å². The zero-order valence-corrected chi connectivity index (χ0v) is 12.7. The number of hydrogen-bond donors (Lipinski definition) is 2. The Morgan fingerprint density at radius 1 is 1.47 bits per heavy atom. The third-order valence-electron chi connectivity index (χ3n) is 3.15. The van der Waals surface area contributed by atoms with Crippen LogP contribution in [0.4, 0.5) is 0 Å². The third-order valence-corrected chi connectivity index (χ3v) is 3.15. The molecule has 1 aromatic rings. The van der Waals surface area contributed by atoms with E-state index in [2.05, 4.69) is 36.4 Å². The molecule has 108 valence electrons. The largest absolute Gasteiger partial charge is 0.350 e. The summed E-state index contributed by atoms with van der Waals surface area (Å²) in [6.45, 7) is 11.3.